The van der Waals surface area contributed by atoms with Gasteiger partial charge in [-0.3, -0.25) is 10.1 Å². The van der Waals surface area contributed by atoms with Gasteiger partial charge in [-0.15, -0.1) is 0 Å². The summed E-state index contributed by atoms with van der Waals surface area (Å²) in [6.45, 7) is 9.95. The molecule has 0 radical (unpaired) electrons. The second-order valence-electron chi connectivity index (χ2n) is 7.72. The summed E-state index contributed by atoms with van der Waals surface area (Å²) < 4.78 is 0. The third-order valence-electron chi connectivity index (χ3n) is 3.21. The molecule has 7 nitrogen and oxygen atoms in total. The van der Waals surface area contributed by atoms with Gasteiger partial charge in [-0.25, -0.2) is 9.78 Å². The quantitative estimate of drug-likeness (QED) is 0.770. The van der Waals surface area contributed by atoms with Gasteiger partial charge < -0.3 is 15.5 Å². The second kappa shape index (κ2) is 7.51. The van der Waals surface area contributed by atoms with Crippen LogP contribution >= 0.6 is 0 Å². The third-order valence-corrected chi connectivity index (χ3v) is 3.21. The number of carbonyl (C=O) groups excluding carboxylic acids is 2. The number of nitrogens with one attached hydrogen (secondary N) is 3. The zero-order valence-corrected chi connectivity index (χ0v) is 15.7. The van der Waals surface area contributed by atoms with Crippen LogP contribution < -0.4 is 20.9 Å². The van der Waals surface area contributed by atoms with Gasteiger partial charge in [0.15, 0.2) is 0 Å². The van der Waals surface area contributed by atoms with Crippen LogP contribution in [-0.2, 0) is 4.79 Å². The van der Waals surface area contributed by atoms with Gasteiger partial charge in [0.2, 0.25) is 5.91 Å². The van der Waals surface area contributed by atoms with Gasteiger partial charge in [-0.05, 0) is 31.4 Å². The van der Waals surface area contributed by atoms with E-state index in [0.29, 0.717) is 12.4 Å². The highest BCUT2D eigenvalue weighted by Gasteiger charge is 2.30. The number of amides is 3. The van der Waals surface area contributed by atoms with Crippen LogP contribution in [0.25, 0.3) is 0 Å². The van der Waals surface area contributed by atoms with Crippen LogP contribution in [-0.4, -0.2) is 43.1 Å². The predicted octanol–water partition coefficient (Wildman–Crippen LogP) is 2.21. The molecule has 0 fully saturated rings. The van der Waals surface area contributed by atoms with Crippen LogP contribution in [0.15, 0.2) is 18.2 Å². The van der Waals surface area contributed by atoms with Crippen LogP contribution in [0.5, 0.6) is 0 Å². The minimum atomic E-state index is -1.03. The highest BCUT2D eigenvalue weighted by Crippen LogP contribution is 2.13. The molecule has 0 aliphatic carbocycles. The van der Waals surface area contributed by atoms with E-state index in [0.717, 1.165) is 5.82 Å². The summed E-state index contributed by atoms with van der Waals surface area (Å²) in [6, 6.07) is 4.86. The van der Waals surface area contributed by atoms with Crippen molar-refractivity contribution in [3.8, 4) is 0 Å². The number of urea groups is 1. The molecule has 0 bridgehead atoms. The normalized spacial score (nSPS) is 11.6. The minimum absolute atomic E-state index is 0.0233. The Labute approximate surface area is 144 Å². The van der Waals surface area contributed by atoms with Crippen molar-refractivity contribution in [3.05, 3.63) is 18.2 Å². The van der Waals surface area contributed by atoms with E-state index < -0.39 is 11.6 Å². The van der Waals surface area contributed by atoms with E-state index in [1.54, 1.807) is 26.0 Å². The van der Waals surface area contributed by atoms with E-state index in [2.05, 4.69) is 20.9 Å². The van der Waals surface area contributed by atoms with Crippen LogP contribution in [0.4, 0.5) is 16.4 Å². The van der Waals surface area contributed by atoms with Crippen LogP contribution in [0.3, 0.4) is 0 Å². The first-order valence-corrected chi connectivity index (χ1v) is 7.92. The molecule has 1 heterocycles. The van der Waals surface area contributed by atoms with Gasteiger partial charge in [0.05, 0.1) is 0 Å². The van der Waals surface area contributed by atoms with Gasteiger partial charge in [0, 0.05) is 20.6 Å². The lowest BCUT2D eigenvalue weighted by molar-refractivity contribution is -0.126. The molecular formula is C17H29N5O2. The number of hydrogen-bond donors (Lipinski definition) is 3. The molecule has 0 saturated heterocycles. The largest absolute Gasteiger partial charge is 0.363 e. The van der Waals surface area contributed by atoms with Crippen molar-refractivity contribution in [1.29, 1.82) is 0 Å². The molecule has 7 heteroatoms. The van der Waals surface area contributed by atoms with E-state index in [9.17, 15) is 9.59 Å². The van der Waals surface area contributed by atoms with Crippen LogP contribution in [0.2, 0.25) is 0 Å². The maximum Gasteiger partial charge on any atom is 0.321 e. The Bertz CT molecular complexity index is 591. The smallest absolute Gasteiger partial charge is 0.321 e. The molecule has 3 N–H and O–H groups in total. The lowest BCUT2D eigenvalue weighted by Gasteiger charge is -2.27. The maximum atomic E-state index is 12.3. The monoisotopic (exact) mass is 335 g/mol. The SMILES string of the molecule is CN(C)c1cccc(NC(=O)NC(C)(C)C(=O)NCC(C)(C)C)n1. The Kier molecular flexibility index (Phi) is 6.17. The Hall–Kier alpha value is -2.31. The van der Waals surface area contributed by atoms with Crippen molar-refractivity contribution in [2.45, 2.75) is 40.2 Å². The van der Waals surface area contributed by atoms with Crippen molar-refractivity contribution in [2.75, 3.05) is 30.9 Å². The van der Waals surface area contributed by atoms with Gasteiger partial charge in [0.25, 0.3) is 0 Å². The maximum absolute atomic E-state index is 12.3. The summed E-state index contributed by atoms with van der Waals surface area (Å²) in [5, 5.41) is 8.18. The van der Waals surface area contributed by atoms with Crippen molar-refractivity contribution in [2.24, 2.45) is 5.41 Å². The van der Waals surface area contributed by atoms with Crippen LogP contribution in [0, 0.1) is 5.41 Å². The Balaban J connectivity index is 2.65. The van der Waals surface area contributed by atoms with Gasteiger partial charge in [-0.1, -0.05) is 26.8 Å². The molecule has 1 aromatic heterocycles. The first kappa shape index (κ1) is 19.7. The molecule has 24 heavy (non-hydrogen) atoms. The number of carbonyl (C=O) groups is 2. The molecule has 0 unspecified atom stereocenters. The molecule has 134 valence electrons. The molecule has 1 rings (SSSR count). The summed E-state index contributed by atoms with van der Waals surface area (Å²) >= 11 is 0. The fraction of sp³-hybridized carbons (Fsp3) is 0.588. The van der Waals surface area contributed by atoms with E-state index in [1.165, 1.54) is 0 Å². The molecule has 0 aliphatic rings. The highest BCUT2D eigenvalue weighted by atomic mass is 16.2. The number of rotatable bonds is 5. The topological polar surface area (TPSA) is 86.4 Å². The number of pyridine rings is 1. The summed E-state index contributed by atoms with van der Waals surface area (Å²) in [4.78, 5) is 30.6. The molecule has 0 aromatic carbocycles. The van der Waals surface area contributed by atoms with Crippen molar-refractivity contribution in [3.63, 3.8) is 0 Å². The second-order valence-corrected chi connectivity index (χ2v) is 7.72. The molecule has 0 atom stereocenters. The lowest BCUT2D eigenvalue weighted by atomic mass is 9.96. The van der Waals surface area contributed by atoms with Gasteiger partial charge >= 0.3 is 6.03 Å². The molecule has 0 spiro atoms. The Morgan fingerprint density at radius 2 is 1.75 bits per heavy atom. The van der Waals surface area contributed by atoms with Crippen molar-refractivity contribution in [1.82, 2.24) is 15.6 Å². The fourth-order valence-electron chi connectivity index (χ4n) is 1.80. The molecule has 3 amide bonds. The average molecular weight is 335 g/mol. The summed E-state index contributed by atoms with van der Waals surface area (Å²) in [7, 11) is 3.74. The molecule has 0 saturated carbocycles. The first-order valence-electron chi connectivity index (χ1n) is 7.92. The zero-order valence-electron chi connectivity index (χ0n) is 15.7. The highest BCUT2D eigenvalue weighted by molar-refractivity contribution is 5.95. The molecule has 0 aliphatic heterocycles. The third kappa shape index (κ3) is 6.44. The Morgan fingerprint density at radius 3 is 2.29 bits per heavy atom. The summed E-state index contributed by atoms with van der Waals surface area (Å²) in [5.74, 6) is 0.919. The van der Waals surface area contributed by atoms with E-state index >= 15 is 0 Å². The zero-order chi connectivity index (χ0) is 18.5. The van der Waals surface area contributed by atoms with Crippen molar-refractivity contribution >= 4 is 23.6 Å². The van der Waals surface area contributed by atoms with Crippen LogP contribution in [0.1, 0.15) is 34.6 Å². The van der Waals surface area contributed by atoms with E-state index in [-0.39, 0.29) is 11.3 Å². The fourth-order valence-corrected chi connectivity index (χ4v) is 1.80. The number of anilines is 2. The van der Waals surface area contributed by atoms with E-state index in [1.807, 2.05) is 45.8 Å². The average Bonchev–Trinajstić information content (AvgIpc) is 2.43. The summed E-state index contributed by atoms with van der Waals surface area (Å²) in [5.41, 5.74) is -1.06. The molecule has 1 aromatic rings. The standard InChI is InChI=1S/C17H29N5O2/c1-16(2,3)11-18-14(23)17(4,5)21-15(24)20-12-9-8-10-13(19-12)22(6)7/h8-10H,11H2,1-7H3,(H,18,23)(H2,19,20,21,24). The van der Waals surface area contributed by atoms with Gasteiger partial charge in [-0.2, -0.15) is 0 Å². The van der Waals surface area contributed by atoms with E-state index in [4.69, 9.17) is 0 Å². The van der Waals surface area contributed by atoms with Gasteiger partial charge in [0.1, 0.15) is 17.2 Å². The first-order chi connectivity index (χ1) is 10.9. The minimum Gasteiger partial charge on any atom is -0.363 e. The number of hydrogen-bond acceptors (Lipinski definition) is 4. The lowest BCUT2D eigenvalue weighted by Crippen LogP contribution is -2.56. The predicted molar refractivity (Wildman–Crippen MR) is 97.3 cm³/mol. The number of aromatic nitrogens is 1. The molecular weight excluding hydrogens is 306 g/mol. The Morgan fingerprint density at radius 1 is 1.12 bits per heavy atom. The number of nitrogens with zero attached hydrogens (tertiary/aromatic N) is 2. The van der Waals surface area contributed by atoms with Crippen molar-refractivity contribution < 1.29 is 9.59 Å². The summed E-state index contributed by atoms with van der Waals surface area (Å²) in [6.07, 6.45) is 0.